The van der Waals surface area contributed by atoms with Crippen molar-refractivity contribution in [2.24, 2.45) is 5.73 Å². The first-order valence-electron chi connectivity index (χ1n) is 7.64. The van der Waals surface area contributed by atoms with Gasteiger partial charge in [0.1, 0.15) is 6.04 Å². The lowest BCUT2D eigenvalue weighted by atomic mass is 10.1. The summed E-state index contributed by atoms with van der Waals surface area (Å²) in [6.45, 7) is 3.24. The van der Waals surface area contributed by atoms with Crippen LogP contribution in [0.1, 0.15) is 18.1 Å². The van der Waals surface area contributed by atoms with Crippen LogP contribution in [0.15, 0.2) is 48.5 Å². The van der Waals surface area contributed by atoms with E-state index in [0.717, 1.165) is 29.9 Å². The molecule has 2 aromatic rings. The third kappa shape index (κ3) is 2.70. The van der Waals surface area contributed by atoms with Crippen LogP contribution in [0.4, 0.5) is 11.4 Å². The molecular formula is C18H21N3O. The molecule has 0 aliphatic carbocycles. The molecule has 4 nitrogen and oxygen atoms in total. The van der Waals surface area contributed by atoms with Crippen molar-refractivity contribution in [3.8, 4) is 0 Å². The molecule has 114 valence electrons. The minimum absolute atomic E-state index is 0.00222. The van der Waals surface area contributed by atoms with Gasteiger partial charge in [-0.2, -0.15) is 0 Å². The van der Waals surface area contributed by atoms with Gasteiger partial charge < -0.3 is 16.0 Å². The van der Waals surface area contributed by atoms with Gasteiger partial charge in [-0.15, -0.1) is 0 Å². The number of fused-ring (bicyclic) bond motifs is 1. The maximum atomic E-state index is 12.6. The Balaban J connectivity index is 1.76. The molecule has 0 bridgehead atoms. The number of carbonyl (C=O) groups excluding carboxylic acids is 1. The number of nitrogens with two attached hydrogens (primary N) is 1. The summed E-state index contributed by atoms with van der Waals surface area (Å²) in [5.74, 6) is -0.00222. The monoisotopic (exact) mass is 295 g/mol. The van der Waals surface area contributed by atoms with Crippen molar-refractivity contribution in [3.63, 3.8) is 0 Å². The fourth-order valence-corrected chi connectivity index (χ4v) is 2.97. The van der Waals surface area contributed by atoms with Gasteiger partial charge in [-0.05, 0) is 36.6 Å². The third-order valence-corrected chi connectivity index (χ3v) is 4.27. The Hall–Kier alpha value is -2.33. The number of anilines is 2. The molecule has 1 unspecified atom stereocenters. The molecule has 1 heterocycles. The Morgan fingerprint density at radius 1 is 1.23 bits per heavy atom. The Morgan fingerprint density at radius 3 is 2.77 bits per heavy atom. The fourth-order valence-electron chi connectivity index (χ4n) is 2.97. The van der Waals surface area contributed by atoms with Gasteiger partial charge in [0.05, 0.1) is 0 Å². The molecule has 3 N–H and O–H groups in total. The quantitative estimate of drug-likeness (QED) is 0.911. The molecule has 2 aromatic carbocycles. The second kappa shape index (κ2) is 6.20. The first-order valence-corrected chi connectivity index (χ1v) is 7.64. The van der Waals surface area contributed by atoms with Crippen LogP contribution in [0.2, 0.25) is 0 Å². The third-order valence-electron chi connectivity index (χ3n) is 4.27. The summed E-state index contributed by atoms with van der Waals surface area (Å²) in [6, 6.07) is 15.7. The van der Waals surface area contributed by atoms with Gasteiger partial charge in [0.15, 0.2) is 0 Å². The van der Waals surface area contributed by atoms with Crippen LogP contribution in [0.25, 0.3) is 0 Å². The predicted octanol–water partition coefficient (Wildman–Crippen LogP) is 2.54. The van der Waals surface area contributed by atoms with Gasteiger partial charge in [0.25, 0.3) is 0 Å². The van der Waals surface area contributed by atoms with Gasteiger partial charge in [-0.1, -0.05) is 36.4 Å². The smallest absolute Gasteiger partial charge is 0.246 e. The van der Waals surface area contributed by atoms with Crippen molar-refractivity contribution in [1.82, 2.24) is 0 Å². The highest BCUT2D eigenvalue weighted by Crippen LogP contribution is 2.29. The van der Waals surface area contributed by atoms with Crippen LogP contribution < -0.4 is 16.0 Å². The number of carbonyl (C=O) groups is 1. The molecule has 0 spiro atoms. The van der Waals surface area contributed by atoms with Crippen molar-refractivity contribution in [2.75, 3.05) is 16.8 Å². The van der Waals surface area contributed by atoms with E-state index >= 15 is 0 Å². The highest BCUT2D eigenvalue weighted by atomic mass is 16.2. The Bertz CT molecular complexity index is 684. The first-order chi connectivity index (χ1) is 10.7. The van der Waals surface area contributed by atoms with E-state index in [2.05, 4.69) is 22.3 Å². The van der Waals surface area contributed by atoms with Crippen LogP contribution in [0.3, 0.4) is 0 Å². The summed E-state index contributed by atoms with van der Waals surface area (Å²) in [7, 11) is 0. The maximum absolute atomic E-state index is 12.6. The van der Waals surface area contributed by atoms with Gasteiger partial charge in [-0.3, -0.25) is 4.79 Å². The number of nitrogens with zero attached hydrogens (tertiary/aromatic N) is 1. The van der Waals surface area contributed by atoms with Crippen LogP contribution in [-0.4, -0.2) is 18.5 Å². The van der Waals surface area contributed by atoms with Gasteiger partial charge in [0.2, 0.25) is 5.91 Å². The lowest BCUT2D eigenvalue weighted by Crippen LogP contribution is -2.41. The van der Waals surface area contributed by atoms with Crippen molar-refractivity contribution < 1.29 is 4.79 Å². The van der Waals surface area contributed by atoms with E-state index in [4.69, 9.17) is 5.73 Å². The molecule has 4 heteroatoms. The largest absolute Gasteiger partial charge is 0.359 e. The minimum Gasteiger partial charge on any atom is -0.359 e. The second-order valence-corrected chi connectivity index (χ2v) is 5.60. The van der Waals surface area contributed by atoms with E-state index in [9.17, 15) is 4.79 Å². The summed E-state index contributed by atoms with van der Waals surface area (Å²) in [5, 5.41) is 3.01. The van der Waals surface area contributed by atoms with Crippen molar-refractivity contribution in [1.29, 1.82) is 0 Å². The van der Waals surface area contributed by atoms with Crippen LogP contribution in [-0.2, 0) is 17.8 Å². The summed E-state index contributed by atoms with van der Waals surface area (Å²) in [4.78, 5) is 14.7. The summed E-state index contributed by atoms with van der Waals surface area (Å²) in [6.07, 6.45) is 0.993. The van der Waals surface area contributed by atoms with Crippen molar-refractivity contribution in [2.45, 2.75) is 25.9 Å². The van der Waals surface area contributed by atoms with E-state index in [1.165, 1.54) is 5.56 Å². The Kier molecular flexibility index (Phi) is 4.11. The van der Waals surface area contributed by atoms with Crippen LogP contribution >= 0.6 is 0 Å². The SMILES string of the molecule is CC(C(=O)Nc1ccccc1CN)N1CCc2ccccc21. The van der Waals surface area contributed by atoms with Crippen LogP contribution in [0.5, 0.6) is 0 Å². The van der Waals surface area contributed by atoms with Crippen LogP contribution in [0, 0.1) is 0 Å². The topological polar surface area (TPSA) is 58.4 Å². The van der Waals surface area contributed by atoms with Gasteiger partial charge in [0, 0.05) is 24.5 Å². The highest BCUT2D eigenvalue weighted by molar-refractivity contribution is 5.97. The van der Waals surface area contributed by atoms with Gasteiger partial charge >= 0.3 is 0 Å². The number of amides is 1. The van der Waals surface area contributed by atoms with Gasteiger partial charge in [-0.25, -0.2) is 0 Å². The molecule has 0 saturated heterocycles. The predicted molar refractivity (Wildman–Crippen MR) is 89.9 cm³/mol. The summed E-state index contributed by atoms with van der Waals surface area (Å²) >= 11 is 0. The maximum Gasteiger partial charge on any atom is 0.246 e. The van der Waals surface area contributed by atoms with Crippen molar-refractivity contribution >= 4 is 17.3 Å². The molecule has 3 rings (SSSR count). The van der Waals surface area contributed by atoms with E-state index < -0.39 is 0 Å². The molecular weight excluding hydrogens is 274 g/mol. The summed E-state index contributed by atoms with van der Waals surface area (Å²) in [5.41, 5.74) is 9.95. The van der Waals surface area contributed by atoms with E-state index in [0.29, 0.717) is 6.54 Å². The van der Waals surface area contributed by atoms with E-state index in [1.54, 1.807) is 0 Å². The molecule has 1 amide bonds. The molecule has 0 radical (unpaired) electrons. The summed E-state index contributed by atoms with van der Waals surface area (Å²) < 4.78 is 0. The first kappa shape index (κ1) is 14.6. The Morgan fingerprint density at radius 2 is 1.95 bits per heavy atom. The molecule has 0 fully saturated rings. The second-order valence-electron chi connectivity index (χ2n) is 5.60. The molecule has 1 aliphatic heterocycles. The molecule has 0 aromatic heterocycles. The number of benzene rings is 2. The van der Waals surface area contributed by atoms with E-state index in [-0.39, 0.29) is 11.9 Å². The average Bonchev–Trinajstić information content (AvgIpc) is 2.98. The van der Waals surface area contributed by atoms with E-state index in [1.807, 2.05) is 43.3 Å². The number of nitrogens with one attached hydrogen (secondary N) is 1. The number of rotatable bonds is 4. The lowest BCUT2D eigenvalue weighted by molar-refractivity contribution is -0.117. The fraction of sp³-hybridized carbons (Fsp3) is 0.278. The van der Waals surface area contributed by atoms with Crippen molar-refractivity contribution in [3.05, 3.63) is 59.7 Å². The Labute approximate surface area is 130 Å². The molecule has 22 heavy (non-hydrogen) atoms. The molecule has 1 atom stereocenters. The zero-order valence-corrected chi connectivity index (χ0v) is 12.8. The highest BCUT2D eigenvalue weighted by Gasteiger charge is 2.27. The number of hydrogen-bond donors (Lipinski definition) is 2. The zero-order chi connectivity index (χ0) is 15.5. The lowest BCUT2D eigenvalue weighted by Gasteiger charge is -2.26. The average molecular weight is 295 g/mol. The standard InChI is InChI=1S/C18H21N3O/c1-13(21-11-10-14-6-3-5-9-17(14)21)18(22)20-16-8-4-2-7-15(16)12-19/h2-9,13H,10-12,19H2,1H3,(H,20,22). The number of para-hydroxylation sites is 2. The number of hydrogen-bond acceptors (Lipinski definition) is 3. The minimum atomic E-state index is -0.213. The normalized spacial score (nSPS) is 14.5. The zero-order valence-electron chi connectivity index (χ0n) is 12.8. The molecule has 1 aliphatic rings. The molecule has 0 saturated carbocycles.